The molecule has 202 valence electrons. The minimum atomic E-state index is -2.93. The molecule has 0 bridgehead atoms. The molecule has 2 fully saturated rings. The number of amides is 3. The van der Waals surface area contributed by atoms with Crippen molar-refractivity contribution >= 4 is 40.7 Å². The molecule has 3 aliphatic rings. The van der Waals surface area contributed by atoms with Crippen molar-refractivity contribution in [3.05, 3.63) is 59.9 Å². The van der Waals surface area contributed by atoms with Gasteiger partial charge in [0.2, 0.25) is 11.8 Å². The lowest BCUT2D eigenvalue weighted by Crippen LogP contribution is -2.62. The number of benzene rings is 2. The predicted molar refractivity (Wildman–Crippen MR) is 141 cm³/mol. The fourth-order valence-corrected chi connectivity index (χ4v) is 5.01. The summed E-state index contributed by atoms with van der Waals surface area (Å²) < 4.78 is 33.8. The number of hydrogen-bond acceptors (Lipinski definition) is 6. The Morgan fingerprint density at radius 1 is 0.900 bits per heavy atom. The smallest absolute Gasteiger partial charge is 0.290 e. The summed E-state index contributed by atoms with van der Waals surface area (Å²) in [6, 6.07) is 16.3. The van der Waals surface area contributed by atoms with E-state index in [0.717, 1.165) is 17.3 Å². The number of nitrogens with one attached hydrogen (secondary N) is 2. The van der Waals surface area contributed by atoms with Crippen LogP contribution in [0.4, 0.5) is 8.78 Å². The topological polar surface area (TPSA) is 137 Å². The van der Waals surface area contributed by atoms with Crippen molar-refractivity contribution in [1.82, 2.24) is 10.6 Å². The molecule has 0 saturated heterocycles. The molecule has 3 amide bonds. The van der Waals surface area contributed by atoms with E-state index in [-0.39, 0.29) is 18.6 Å². The number of amidine groups is 1. The van der Waals surface area contributed by atoms with Gasteiger partial charge in [0.05, 0.1) is 12.3 Å². The van der Waals surface area contributed by atoms with Crippen molar-refractivity contribution < 1.29 is 27.6 Å². The quantitative estimate of drug-likeness (QED) is 0.478. The number of carbonyl (C=O) groups excluding carboxylic acids is 3. The molecule has 40 heavy (non-hydrogen) atoms. The zero-order chi connectivity index (χ0) is 28.1. The Morgan fingerprint density at radius 3 is 2.20 bits per heavy atom. The first-order chi connectivity index (χ1) is 19.1. The lowest BCUT2D eigenvalue weighted by Gasteiger charge is -2.39. The highest BCUT2D eigenvalue weighted by Crippen LogP contribution is 2.41. The lowest BCUT2D eigenvalue weighted by atomic mass is 9.78. The molecule has 0 unspecified atom stereocenters. The van der Waals surface area contributed by atoms with Crippen LogP contribution in [0.5, 0.6) is 0 Å². The van der Waals surface area contributed by atoms with Gasteiger partial charge in [-0.1, -0.05) is 36.4 Å². The standard InChI is InChI=1S/C29H23F2N5O4/c30-29(31)11-9-28(10-12-29,26(39)36-27(16-32)7-8-27)35-25(38)22-14-20-6-5-19(13-21(20)40-22)17-1-3-18(4-2-17)24-33-15-23(37)34-24/h1-6,13-15H,7-12H2,(H,35,38)(H,36,39). The number of nitriles is 1. The van der Waals surface area contributed by atoms with Gasteiger partial charge in [-0.3, -0.25) is 14.4 Å². The molecule has 1 aliphatic heterocycles. The van der Waals surface area contributed by atoms with E-state index in [0.29, 0.717) is 35.2 Å². The Bertz CT molecular complexity index is 1650. The third-order valence-corrected chi connectivity index (χ3v) is 7.67. The van der Waals surface area contributed by atoms with Crippen LogP contribution >= 0.6 is 0 Å². The van der Waals surface area contributed by atoms with Gasteiger partial charge in [0.15, 0.2) is 11.6 Å². The minimum Gasteiger partial charge on any atom is -0.451 e. The number of furan rings is 1. The summed E-state index contributed by atoms with van der Waals surface area (Å²) in [4.78, 5) is 45.6. The van der Waals surface area contributed by atoms with Crippen LogP contribution in [-0.2, 0) is 9.59 Å². The maximum Gasteiger partial charge on any atom is 0.290 e. The van der Waals surface area contributed by atoms with E-state index in [4.69, 9.17) is 4.42 Å². The van der Waals surface area contributed by atoms with E-state index in [1.807, 2.05) is 18.2 Å². The van der Waals surface area contributed by atoms with Gasteiger partial charge in [-0.2, -0.15) is 10.3 Å². The van der Waals surface area contributed by atoms with E-state index in [2.05, 4.69) is 26.7 Å². The van der Waals surface area contributed by atoms with Crippen molar-refractivity contribution in [1.29, 1.82) is 5.26 Å². The SMILES string of the molecule is N#CC1(NC(=O)C2(NC(=O)c3cc4ccc(-c5ccc(C6=NC(=O)C=N6)cc5)cc4o3)CCC(F)(F)CC2)CC1. The zero-order valence-electron chi connectivity index (χ0n) is 21.2. The second-order valence-electron chi connectivity index (χ2n) is 10.5. The van der Waals surface area contributed by atoms with Crippen LogP contribution in [-0.4, -0.2) is 46.8 Å². The highest BCUT2D eigenvalue weighted by molar-refractivity contribution is 6.36. The Morgan fingerprint density at radius 2 is 1.57 bits per heavy atom. The van der Waals surface area contributed by atoms with Crippen molar-refractivity contribution in [3.63, 3.8) is 0 Å². The van der Waals surface area contributed by atoms with Gasteiger partial charge in [-0.25, -0.2) is 13.8 Å². The summed E-state index contributed by atoms with van der Waals surface area (Å²) >= 11 is 0. The summed E-state index contributed by atoms with van der Waals surface area (Å²) in [5.41, 5.74) is 0.215. The van der Waals surface area contributed by atoms with Gasteiger partial charge < -0.3 is 15.1 Å². The fraction of sp³-hybridized carbons (Fsp3) is 0.310. The summed E-state index contributed by atoms with van der Waals surface area (Å²) in [5.74, 6) is -4.36. The molecule has 0 radical (unpaired) electrons. The highest BCUT2D eigenvalue weighted by atomic mass is 19.3. The van der Waals surface area contributed by atoms with Crippen LogP contribution in [0.3, 0.4) is 0 Å². The third kappa shape index (κ3) is 4.77. The Labute approximate surface area is 227 Å². The van der Waals surface area contributed by atoms with Gasteiger partial charge >= 0.3 is 0 Å². The number of nitrogens with zero attached hydrogens (tertiary/aromatic N) is 3. The van der Waals surface area contributed by atoms with Gasteiger partial charge in [0, 0.05) is 23.8 Å². The molecule has 2 N–H and O–H groups in total. The molecule has 0 spiro atoms. The molecule has 0 atom stereocenters. The summed E-state index contributed by atoms with van der Waals surface area (Å²) in [7, 11) is 0. The number of rotatable bonds is 6. The van der Waals surface area contributed by atoms with Crippen LogP contribution < -0.4 is 10.6 Å². The average Bonchev–Trinajstić information content (AvgIpc) is 3.36. The van der Waals surface area contributed by atoms with E-state index in [1.165, 1.54) is 6.07 Å². The van der Waals surface area contributed by atoms with E-state index >= 15 is 0 Å². The largest absolute Gasteiger partial charge is 0.451 e. The van der Waals surface area contributed by atoms with Crippen molar-refractivity contribution in [3.8, 4) is 17.2 Å². The zero-order valence-corrected chi connectivity index (χ0v) is 21.2. The number of carbonyl (C=O) groups is 3. The van der Waals surface area contributed by atoms with Gasteiger partial charge in [0.25, 0.3) is 11.8 Å². The van der Waals surface area contributed by atoms with Gasteiger partial charge in [-0.05, 0) is 48.9 Å². The first-order valence-electron chi connectivity index (χ1n) is 12.8. The Balaban J connectivity index is 1.23. The molecule has 2 saturated carbocycles. The predicted octanol–water partition coefficient (Wildman–Crippen LogP) is 4.31. The lowest BCUT2D eigenvalue weighted by molar-refractivity contribution is -0.133. The second kappa shape index (κ2) is 9.19. The first kappa shape index (κ1) is 25.6. The molecule has 3 aromatic rings. The van der Waals surface area contributed by atoms with Gasteiger partial charge in [0.1, 0.15) is 16.7 Å². The van der Waals surface area contributed by atoms with Crippen LogP contribution in [0.15, 0.2) is 62.9 Å². The molecule has 1 aromatic heterocycles. The van der Waals surface area contributed by atoms with Crippen molar-refractivity contribution in [2.45, 2.75) is 55.5 Å². The molecule has 6 rings (SSSR count). The average molecular weight is 544 g/mol. The number of alkyl halides is 2. The second-order valence-corrected chi connectivity index (χ2v) is 10.5. The van der Waals surface area contributed by atoms with Crippen molar-refractivity contribution in [2.24, 2.45) is 9.98 Å². The van der Waals surface area contributed by atoms with Crippen LogP contribution in [0.1, 0.15) is 54.6 Å². The Hall–Kier alpha value is -4.72. The molecule has 11 heteroatoms. The first-order valence-corrected chi connectivity index (χ1v) is 12.8. The van der Waals surface area contributed by atoms with Crippen LogP contribution in [0.2, 0.25) is 0 Å². The number of aliphatic imine (C=N–C) groups is 2. The third-order valence-electron chi connectivity index (χ3n) is 7.67. The van der Waals surface area contributed by atoms with Gasteiger partial charge in [-0.15, -0.1) is 0 Å². The summed E-state index contributed by atoms with van der Waals surface area (Å²) in [5, 5.41) is 15.4. The molecule has 2 heterocycles. The normalized spacial score (nSPS) is 20.0. The fourth-order valence-electron chi connectivity index (χ4n) is 5.01. The van der Waals surface area contributed by atoms with E-state index in [9.17, 15) is 28.4 Å². The summed E-state index contributed by atoms with van der Waals surface area (Å²) in [6.07, 6.45) is 0.488. The Kier molecular flexibility index (Phi) is 5.87. The van der Waals surface area contributed by atoms with Crippen molar-refractivity contribution in [2.75, 3.05) is 0 Å². The molecular formula is C29H23F2N5O4. The minimum absolute atomic E-state index is 0.0600. The monoisotopic (exact) mass is 543 g/mol. The maximum atomic E-state index is 14.0. The molecule has 9 nitrogen and oxygen atoms in total. The maximum absolute atomic E-state index is 14.0. The van der Waals surface area contributed by atoms with Crippen LogP contribution in [0, 0.1) is 11.3 Å². The molecular weight excluding hydrogens is 520 g/mol. The highest BCUT2D eigenvalue weighted by Gasteiger charge is 2.53. The van der Waals surface area contributed by atoms with Crippen LogP contribution in [0.25, 0.3) is 22.1 Å². The van der Waals surface area contributed by atoms with E-state index < -0.39 is 47.6 Å². The molecule has 2 aromatic carbocycles. The summed E-state index contributed by atoms with van der Waals surface area (Å²) in [6.45, 7) is 0. The number of fused-ring (bicyclic) bond motifs is 1. The van der Waals surface area contributed by atoms with E-state index in [1.54, 1.807) is 24.3 Å². The number of halogens is 2. The number of hydrogen-bond donors (Lipinski definition) is 2. The molecule has 2 aliphatic carbocycles.